The summed E-state index contributed by atoms with van der Waals surface area (Å²) < 4.78 is 31.0. The van der Waals surface area contributed by atoms with Gasteiger partial charge >= 0.3 is 16.1 Å². The number of hydrogen-bond donors (Lipinski definition) is 4. The molecule has 1 heterocycles. The minimum Gasteiger partial charge on any atom is -0.382 e. The standard InChI is InChI=1S/C25H31N5O4S/c31-25(27-18-6-2-1-3-7-18)30-24-28-22-15-12-20(16-23(22)29-24)34-35(32,33)21-13-10-19(11-14-21)26-17-8-4-5-9-17/h10-18,26H,1-9H2,(H3,27,28,29,30,31). The Labute approximate surface area is 205 Å². The maximum Gasteiger partial charge on any atom is 0.339 e. The second-order valence-corrected chi connectivity index (χ2v) is 10.9. The highest BCUT2D eigenvalue weighted by atomic mass is 32.2. The molecule has 10 heteroatoms. The summed E-state index contributed by atoms with van der Waals surface area (Å²) in [6.45, 7) is 0. The van der Waals surface area contributed by atoms with Crippen molar-refractivity contribution >= 4 is 38.8 Å². The van der Waals surface area contributed by atoms with Crippen LogP contribution in [0.2, 0.25) is 0 Å². The average Bonchev–Trinajstić information content (AvgIpc) is 3.49. The fourth-order valence-corrected chi connectivity index (χ4v) is 5.79. The zero-order chi connectivity index (χ0) is 24.3. The Morgan fingerprint density at radius 2 is 1.60 bits per heavy atom. The van der Waals surface area contributed by atoms with Gasteiger partial charge in [0.2, 0.25) is 5.95 Å². The fraction of sp³-hybridized carbons (Fsp3) is 0.440. The molecule has 0 unspecified atom stereocenters. The molecule has 9 nitrogen and oxygen atoms in total. The highest BCUT2D eigenvalue weighted by Gasteiger charge is 2.20. The maximum atomic E-state index is 12.8. The van der Waals surface area contributed by atoms with Gasteiger partial charge < -0.3 is 19.8 Å². The van der Waals surface area contributed by atoms with Crippen molar-refractivity contribution < 1.29 is 17.4 Å². The van der Waals surface area contributed by atoms with Gasteiger partial charge in [0.1, 0.15) is 10.6 Å². The summed E-state index contributed by atoms with van der Waals surface area (Å²) in [7, 11) is -4.00. The number of nitrogens with one attached hydrogen (secondary N) is 4. The van der Waals surface area contributed by atoms with Crippen molar-refractivity contribution in [2.45, 2.75) is 74.8 Å². The number of nitrogens with zero attached hydrogens (tertiary/aromatic N) is 1. The summed E-state index contributed by atoms with van der Waals surface area (Å²) in [4.78, 5) is 19.8. The third kappa shape index (κ3) is 5.87. The molecule has 2 aromatic carbocycles. The van der Waals surface area contributed by atoms with Crippen molar-refractivity contribution in [1.82, 2.24) is 15.3 Å². The van der Waals surface area contributed by atoms with Crippen LogP contribution in [0.1, 0.15) is 57.8 Å². The zero-order valence-corrected chi connectivity index (χ0v) is 20.4. The van der Waals surface area contributed by atoms with Gasteiger partial charge in [0.25, 0.3) is 0 Å². The number of carbonyl (C=O) groups is 1. The molecule has 35 heavy (non-hydrogen) atoms. The van der Waals surface area contributed by atoms with E-state index >= 15 is 0 Å². The van der Waals surface area contributed by atoms with Crippen molar-refractivity contribution in [3.63, 3.8) is 0 Å². The number of aromatic nitrogens is 2. The number of imidazole rings is 1. The van der Waals surface area contributed by atoms with Gasteiger partial charge in [-0.05, 0) is 62.1 Å². The van der Waals surface area contributed by atoms with Crippen LogP contribution in [0.5, 0.6) is 5.75 Å². The minimum absolute atomic E-state index is 0.0818. The quantitative estimate of drug-likeness (QED) is 0.335. The van der Waals surface area contributed by atoms with E-state index in [1.54, 1.807) is 36.4 Å². The number of rotatable bonds is 7. The Balaban J connectivity index is 1.22. The molecule has 3 aromatic rings. The van der Waals surface area contributed by atoms with Crippen molar-refractivity contribution in [3.8, 4) is 5.75 Å². The number of hydrogen-bond acceptors (Lipinski definition) is 6. The highest BCUT2D eigenvalue weighted by Crippen LogP contribution is 2.26. The lowest BCUT2D eigenvalue weighted by molar-refractivity contribution is 0.244. The normalized spacial score (nSPS) is 17.4. The molecule has 2 aliphatic carbocycles. The summed E-state index contributed by atoms with van der Waals surface area (Å²) in [5.41, 5.74) is 2.05. The van der Waals surface area contributed by atoms with E-state index in [0.29, 0.717) is 23.0 Å². The van der Waals surface area contributed by atoms with E-state index in [1.807, 2.05) is 0 Å². The van der Waals surface area contributed by atoms with Crippen LogP contribution in [0.25, 0.3) is 11.0 Å². The van der Waals surface area contributed by atoms with Crippen LogP contribution >= 0.6 is 0 Å². The first-order chi connectivity index (χ1) is 16.9. The molecule has 5 rings (SSSR count). The Hall–Kier alpha value is -3.27. The van der Waals surface area contributed by atoms with Crippen molar-refractivity contribution in [2.24, 2.45) is 0 Å². The number of urea groups is 1. The molecule has 0 spiro atoms. The first-order valence-electron chi connectivity index (χ1n) is 12.3. The van der Waals surface area contributed by atoms with Crippen LogP contribution in [0.4, 0.5) is 16.4 Å². The monoisotopic (exact) mass is 497 g/mol. The molecule has 0 bridgehead atoms. The number of fused-ring (bicyclic) bond motifs is 1. The topological polar surface area (TPSA) is 125 Å². The number of benzene rings is 2. The van der Waals surface area contributed by atoms with Crippen molar-refractivity contribution in [3.05, 3.63) is 42.5 Å². The van der Waals surface area contributed by atoms with Crippen molar-refractivity contribution in [1.29, 1.82) is 0 Å². The van der Waals surface area contributed by atoms with E-state index in [0.717, 1.165) is 44.2 Å². The SMILES string of the molecule is O=C(Nc1nc2cc(OS(=O)(=O)c3ccc(NC4CCCC4)cc3)ccc2[nH]1)NC1CCCCC1. The van der Waals surface area contributed by atoms with Crippen molar-refractivity contribution in [2.75, 3.05) is 10.6 Å². The van der Waals surface area contributed by atoms with Crippen LogP contribution in [-0.4, -0.2) is 36.5 Å². The molecule has 1 aromatic heterocycles. The molecular weight excluding hydrogens is 466 g/mol. The molecule has 4 N–H and O–H groups in total. The Morgan fingerprint density at radius 1 is 0.914 bits per heavy atom. The fourth-order valence-electron chi connectivity index (χ4n) is 4.87. The molecule has 2 aliphatic rings. The smallest absolute Gasteiger partial charge is 0.339 e. The van der Waals surface area contributed by atoms with Gasteiger partial charge in [-0.1, -0.05) is 32.1 Å². The van der Waals surface area contributed by atoms with Gasteiger partial charge in [0.15, 0.2) is 0 Å². The number of anilines is 2. The molecule has 2 fully saturated rings. The summed E-state index contributed by atoms with van der Waals surface area (Å²) in [5, 5.41) is 9.14. The molecule has 186 valence electrons. The third-order valence-electron chi connectivity index (χ3n) is 6.70. The molecule has 0 aliphatic heterocycles. The van der Waals surface area contributed by atoms with Gasteiger partial charge in [0, 0.05) is 23.8 Å². The zero-order valence-electron chi connectivity index (χ0n) is 19.5. The van der Waals surface area contributed by atoms with Crippen LogP contribution in [0.15, 0.2) is 47.4 Å². The highest BCUT2D eigenvalue weighted by molar-refractivity contribution is 7.87. The largest absolute Gasteiger partial charge is 0.382 e. The van der Waals surface area contributed by atoms with E-state index in [-0.39, 0.29) is 22.7 Å². The maximum absolute atomic E-state index is 12.8. The van der Waals surface area contributed by atoms with E-state index in [1.165, 1.54) is 25.3 Å². The van der Waals surface area contributed by atoms with Crippen LogP contribution in [0, 0.1) is 0 Å². The van der Waals surface area contributed by atoms with Crippen LogP contribution in [0.3, 0.4) is 0 Å². The molecular formula is C25H31N5O4S. The lowest BCUT2D eigenvalue weighted by Gasteiger charge is -2.22. The Kier molecular flexibility index (Phi) is 6.81. The van der Waals surface area contributed by atoms with E-state index in [4.69, 9.17) is 4.18 Å². The van der Waals surface area contributed by atoms with Gasteiger partial charge in [-0.3, -0.25) is 5.32 Å². The first-order valence-corrected chi connectivity index (χ1v) is 13.7. The minimum atomic E-state index is -4.00. The molecule has 2 amide bonds. The molecule has 0 saturated heterocycles. The summed E-state index contributed by atoms with van der Waals surface area (Å²) in [6, 6.07) is 11.7. The third-order valence-corrected chi connectivity index (χ3v) is 7.96. The first kappa shape index (κ1) is 23.5. The van der Waals surface area contributed by atoms with E-state index in [2.05, 4.69) is 25.9 Å². The van der Waals surface area contributed by atoms with Gasteiger partial charge in [0.05, 0.1) is 11.0 Å². The predicted octanol–water partition coefficient (Wildman–Crippen LogP) is 5.14. The number of H-pyrrole nitrogens is 1. The second-order valence-electron chi connectivity index (χ2n) is 9.39. The Morgan fingerprint density at radius 3 is 2.34 bits per heavy atom. The molecule has 0 atom stereocenters. The lowest BCUT2D eigenvalue weighted by Crippen LogP contribution is -2.39. The van der Waals surface area contributed by atoms with E-state index < -0.39 is 10.1 Å². The lowest BCUT2D eigenvalue weighted by atomic mass is 9.96. The molecule has 0 radical (unpaired) electrons. The second kappa shape index (κ2) is 10.2. The molecule has 2 saturated carbocycles. The van der Waals surface area contributed by atoms with Crippen LogP contribution in [-0.2, 0) is 10.1 Å². The van der Waals surface area contributed by atoms with Gasteiger partial charge in [-0.2, -0.15) is 8.42 Å². The number of amides is 2. The summed E-state index contributed by atoms with van der Waals surface area (Å²) in [5.74, 6) is 0.439. The summed E-state index contributed by atoms with van der Waals surface area (Å²) >= 11 is 0. The van der Waals surface area contributed by atoms with E-state index in [9.17, 15) is 13.2 Å². The Bertz CT molecular complexity index is 1280. The number of carbonyl (C=O) groups excluding carboxylic acids is 1. The summed E-state index contributed by atoms with van der Waals surface area (Å²) in [6.07, 6.45) is 10.2. The van der Waals surface area contributed by atoms with Gasteiger partial charge in [-0.15, -0.1) is 0 Å². The predicted molar refractivity (Wildman–Crippen MR) is 135 cm³/mol. The van der Waals surface area contributed by atoms with Gasteiger partial charge in [-0.25, -0.2) is 9.78 Å². The number of aromatic amines is 1. The van der Waals surface area contributed by atoms with Crippen LogP contribution < -0.4 is 20.1 Å². The average molecular weight is 498 g/mol.